The van der Waals surface area contributed by atoms with E-state index in [1.807, 2.05) is 13.8 Å². The Bertz CT molecular complexity index is 360. The van der Waals surface area contributed by atoms with Gasteiger partial charge in [-0.05, 0) is 26.7 Å². The summed E-state index contributed by atoms with van der Waals surface area (Å²) < 4.78 is 27.7. The Hall–Kier alpha value is -0.660. The molecule has 0 spiro atoms. The zero-order valence-electron chi connectivity index (χ0n) is 11.1. The van der Waals surface area contributed by atoms with Crippen molar-refractivity contribution < 1.29 is 13.2 Å². The average molecular weight is 277 g/mol. The fourth-order valence-electron chi connectivity index (χ4n) is 1.90. The Kier molecular flexibility index (Phi) is 6.04. The monoisotopic (exact) mass is 277 g/mol. The van der Waals surface area contributed by atoms with Crippen molar-refractivity contribution in [2.24, 2.45) is 0 Å². The van der Waals surface area contributed by atoms with Crippen molar-refractivity contribution in [3.05, 3.63) is 0 Å². The van der Waals surface area contributed by atoms with E-state index < -0.39 is 10.2 Å². The average Bonchev–Trinajstić information content (AvgIpc) is 2.54. The predicted molar refractivity (Wildman–Crippen MR) is 70.2 cm³/mol. The molecule has 1 fully saturated rings. The largest absolute Gasteiger partial charge is 0.353 e. The van der Waals surface area contributed by atoms with Crippen LogP contribution in [0.25, 0.3) is 0 Å². The highest BCUT2D eigenvalue weighted by Gasteiger charge is 2.23. The number of carbonyl (C=O) groups excluding carboxylic acids is 1. The van der Waals surface area contributed by atoms with Crippen LogP contribution in [0.1, 0.15) is 39.5 Å². The molecule has 1 heterocycles. The van der Waals surface area contributed by atoms with Gasteiger partial charge in [0, 0.05) is 19.1 Å². The van der Waals surface area contributed by atoms with Gasteiger partial charge in [0.1, 0.15) is 0 Å². The van der Waals surface area contributed by atoms with Crippen LogP contribution < -0.4 is 10.0 Å². The first-order valence-corrected chi connectivity index (χ1v) is 7.90. The van der Waals surface area contributed by atoms with Gasteiger partial charge in [0.2, 0.25) is 5.91 Å². The lowest BCUT2D eigenvalue weighted by molar-refractivity contribution is -0.120. The van der Waals surface area contributed by atoms with Crippen molar-refractivity contribution in [1.29, 1.82) is 0 Å². The maximum absolute atomic E-state index is 12.0. The summed E-state index contributed by atoms with van der Waals surface area (Å²) in [4.78, 5) is 11.4. The molecule has 0 aromatic heterocycles. The van der Waals surface area contributed by atoms with Crippen molar-refractivity contribution in [2.75, 3.05) is 19.6 Å². The summed E-state index contributed by atoms with van der Waals surface area (Å²) >= 11 is 0. The highest BCUT2D eigenvalue weighted by Crippen LogP contribution is 2.11. The van der Waals surface area contributed by atoms with E-state index >= 15 is 0 Å². The summed E-state index contributed by atoms with van der Waals surface area (Å²) in [5.41, 5.74) is 0. The Morgan fingerprint density at radius 1 is 1.17 bits per heavy atom. The smallest absolute Gasteiger partial charge is 0.279 e. The lowest BCUT2D eigenvalue weighted by atomic mass is 10.2. The van der Waals surface area contributed by atoms with Crippen LogP contribution in [0.5, 0.6) is 0 Å². The van der Waals surface area contributed by atoms with Crippen molar-refractivity contribution in [3.8, 4) is 0 Å². The number of nitrogens with one attached hydrogen (secondary N) is 2. The summed E-state index contributed by atoms with van der Waals surface area (Å²) in [6.45, 7) is 4.56. The molecule has 0 unspecified atom stereocenters. The minimum atomic E-state index is -3.52. The van der Waals surface area contributed by atoms with Crippen LogP contribution in [-0.2, 0) is 15.0 Å². The number of carbonyl (C=O) groups is 1. The molecular formula is C11H23N3O3S. The first-order valence-electron chi connectivity index (χ1n) is 6.46. The van der Waals surface area contributed by atoms with E-state index in [2.05, 4.69) is 10.0 Å². The molecule has 6 nitrogen and oxygen atoms in total. The Morgan fingerprint density at radius 3 is 2.22 bits per heavy atom. The molecule has 0 radical (unpaired) electrons. The van der Waals surface area contributed by atoms with Crippen molar-refractivity contribution in [2.45, 2.75) is 45.6 Å². The molecule has 0 saturated carbocycles. The summed E-state index contributed by atoms with van der Waals surface area (Å²) in [5, 5.41) is 2.65. The maximum atomic E-state index is 12.0. The molecule has 0 atom stereocenters. The predicted octanol–water partition coefficient (Wildman–Crippen LogP) is 0.221. The maximum Gasteiger partial charge on any atom is 0.279 e. The molecule has 0 aliphatic carbocycles. The van der Waals surface area contributed by atoms with Gasteiger partial charge in [0.15, 0.2) is 0 Å². The van der Waals surface area contributed by atoms with Crippen LogP contribution in [0.3, 0.4) is 0 Å². The second-order valence-electron chi connectivity index (χ2n) is 4.86. The van der Waals surface area contributed by atoms with E-state index in [0.717, 1.165) is 25.7 Å². The van der Waals surface area contributed by atoms with Crippen LogP contribution in [0.15, 0.2) is 0 Å². The second-order valence-corrected chi connectivity index (χ2v) is 6.62. The molecule has 18 heavy (non-hydrogen) atoms. The summed E-state index contributed by atoms with van der Waals surface area (Å²) in [5.74, 6) is -0.302. The highest BCUT2D eigenvalue weighted by atomic mass is 32.2. The van der Waals surface area contributed by atoms with Gasteiger partial charge < -0.3 is 5.32 Å². The van der Waals surface area contributed by atoms with Gasteiger partial charge in [-0.1, -0.05) is 12.8 Å². The van der Waals surface area contributed by atoms with Gasteiger partial charge in [-0.25, -0.2) is 0 Å². The van der Waals surface area contributed by atoms with Gasteiger partial charge >= 0.3 is 0 Å². The summed E-state index contributed by atoms with van der Waals surface area (Å²) in [6, 6.07) is 0.0141. The van der Waals surface area contributed by atoms with E-state index in [0.29, 0.717) is 13.1 Å². The van der Waals surface area contributed by atoms with Gasteiger partial charge in [-0.3, -0.25) is 4.79 Å². The van der Waals surface area contributed by atoms with E-state index in [4.69, 9.17) is 0 Å². The molecule has 1 rings (SSSR count). The van der Waals surface area contributed by atoms with Crippen LogP contribution in [0, 0.1) is 0 Å². The van der Waals surface area contributed by atoms with Gasteiger partial charge in [-0.15, -0.1) is 0 Å². The fraction of sp³-hybridized carbons (Fsp3) is 0.909. The third-order valence-corrected chi connectivity index (χ3v) is 4.32. The van der Waals surface area contributed by atoms with E-state index in [9.17, 15) is 13.2 Å². The molecule has 7 heteroatoms. The topological polar surface area (TPSA) is 78.5 Å². The zero-order valence-corrected chi connectivity index (χ0v) is 11.9. The van der Waals surface area contributed by atoms with Crippen LogP contribution in [0.2, 0.25) is 0 Å². The fourth-order valence-corrected chi connectivity index (χ4v) is 3.14. The van der Waals surface area contributed by atoms with Gasteiger partial charge in [0.05, 0.1) is 6.54 Å². The SMILES string of the molecule is CC(C)NC(=O)CNS(=O)(=O)N1CCCCCC1. The highest BCUT2D eigenvalue weighted by molar-refractivity contribution is 7.87. The molecule has 1 aliphatic heterocycles. The van der Waals surface area contributed by atoms with Gasteiger partial charge in [-0.2, -0.15) is 17.4 Å². The van der Waals surface area contributed by atoms with Crippen LogP contribution >= 0.6 is 0 Å². The quantitative estimate of drug-likeness (QED) is 0.754. The van der Waals surface area contributed by atoms with Crippen molar-refractivity contribution in [3.63, 3.8) is 0 Å². The first kappa shape index (κ1) is 15.4. The number of hydrogen-bond acceptors (Lipinski definition) is 3. The molecule has 1 amide bonds. The lowest BCUT2D eigenvalue weighted by Crippen LogP contribution is -2.46. The minimum Gasteiger partial charge on any atom is -0.353 e. The third kappa shape index (κ3) is 5.32. The number of amides is 1. The molecule has 0 aromatic rings. The van der Waals surface area contributed by atoms with E-state index in [1.165, 1.54) is 4.31 Å². The molecule has 0 bridgehead atoms. The second kappa shape index (κ2) is 7.06. The Labute approximate surface area is 109 Å². The van der Waals surface area contributed by atoms with Gasteiger partial charge in [0.25, 0.3) is 10.2 Å². The first-order chi connectivity index (χ1) is 8.42. The van der Waals surface area contributed by atoms with E-state index in [1.54, 1.807) is 0 Å². The third-order valence-electron chi connectivity index (χ3n) is 2.77. The lowest BCUT2D eigenvalue weighted by Gasteiger charge is -2.20. The van der Waals surface area contributed by atoms with E-state index in [-0.39, 0.29) is 18.5 Å². The molecule has 106 valence electrons. The number of nitrogens with zero attached hydrogens (tertiary/aromatic N) is 1. The molecule has 1 aliphatic rings. The number of rotatable bonds is 5. The molecule has 2 N–H and O–H groups in total. The summed E-state index contributed by atoms with van der Waals surface area (Å²) in [6.07, 6.45) is 3.91. The standard InChI is InChI=1S/C11H23N3O3S/c1-10(2)13-11(15)9-12-18(16,17)14-7-5-3-4-6-8-14/h10,12H,3-9H2,1-2H3,(H,13,15). The minimum absolute atomic E-state index is 0.0141. The Morgan fingerprint density at radius 2 is 1.72 bits per heavy atom. The molecule has 1 saturated heterocycles. The van der Waals surface area contributed by atoms with Crippen LogP contribution in [-0.4, -0.2) is 44.3 Å². The molecule has 0 aromatic carbocycles. The normalized spacial score (nSPS) is 18.6. The van der Waals surface area contributed by atoms with Crippen molar-refractivity contribution in [1.82, 2.24) is 14.3 Å². The Balaban J connectivity index is 2.45. The summed E-state index contributed by atoms with van der Waals surface area (Å²) in [7, 11) is -3.52. The zero-order chi connectivity index (χ0) is 13.6. The van der Waals surface area contributed by atoms with Crippen LogP contribution in [0.4, 0.5) is 0 Å². The van der Waals surface area contributed by atoms with Crippen molar-refractivity contribution >= 4 is 16.1 Å². The molecular weight excluding hydrogens is 254 g/mol. The number of hydrogen-bond donors (Lipinski definition) is 2.